The van der Waals surface area contributed by atoms with Gasteiger partial charge in [0.05, 0.1) is 17.6 Å². The van der Waals surface area contributed by atoms with E-state index in [1.807, 2.05) is 0 Å². The summed E-state index contributed by atoms with van der Waals surface area (Å²) in [6, 6.07) is 11.1. The van der Waals surface area contributed by atoms with Gasteiger partial charge in [0.1, 0.15) is 11.9 Å². The monoisotopic (exact) mass is 405 g/mol. The summed E-state index contributed by atoms with van der Waals surface area (Å²) in [6.45, 7) is -0.0930. The second-order valence-corrected chi connectivity index (χ2v) is 7.45. The second kappa shape index (κ2) is 7.84. The van der Waals surface area contributed by atoms with Crippen molar-refractivity contribution in [2.45, 2.75) is 17.5 Å². The lowest BCUT2D eigenvalue weighted by atomic mass is 10.1. The Balaban J connectivity index is 1.66. The van der Waals surface area contributed by atoms with Gasteiger partial charge in [-0.25, -0.2) is 22.6 Å². The Morgan fingerprint density at radius 3 is 2.54 bits per heavy atom. The molecule has 9 nitrogen and oxygen atoms in total. The normalized spacial score (nSPS) is 12.5. The number of sulfonamides is 1. The number of halogens is 1. The zero-order valence-corrected chi connectivity index (χ0v) is 15.2. The lowest BCUT2D eigenvalue weighted by Gasteiger charge is -2.11. The summed E-state index contributed by atoms with van der Waals surface area (Å²) < 4.78 is 37.4. The van der Waals surface area contributed by atoms with Crippen molar-refractivity contribution < 1.29 is 22.7 Å². The molecule has 0 aliphatic rings. The summed E-state index contributed by atoms with van der Waals surface area (Å²) in [4.78, 5) is 12.1. The topological polar surface area (TPSA) is 140 Å². The number of carbonyl (C=O) groups excluding carboxylic acids is 1. The fourth-order valence-corrected chi connectivity index (χ4v) is 2.95. The highest BCUT2D eigenvalue weighted by Gasteiger charge is 2.16. The van der Waals surface area contributed by atoms with Crippen LogP contribution in [0.1, 0.15) is 22.2 Å². The van der Waals surface area contributed by atoms with E-state index in [2.05, 4.69) is 15.6 Å². The molecule has 11 heteroatoms. The number of anilines is 1. The van der Waals surface area contributed by atoms with Crippen molar-refractivity contribution in [2.75, 3.05) is 5.32 Å². The molecule has 4 N–H and O–H groups in total. The number of carbonyl (C=O) groups is 1. The van der Waals surface area contributed by atoms with E-state index in [4.69, 9.17) is 5.14 Å². The van der Waals surface area contributed by atoms with E-state index in [-0.39, 0.29) is 22.7 Å². The van der Waals surface area contributed by atoms with E-state index < -0.39 is 27.9 Å². The van der Waals surface area contributed by atoms with Crippen LogP contribution in [0.15, 0.2) is 59.6 Å². The molecule has 2 aromatic carbocycles. The number of nitrogens with two attached hydrogens (primary N) is 1. The van der Waals surface area contributed by atoms with E-state index in [1.54, 1.807) is 6.07 Å². The van der Waals surface area contributed by atoms with Crippen molar-refractivity contribution in [3.8, 4) is 0 Å². The fraction of sp³-hybridized carbons (Fsp3) is 0.118. The van der Waals surface area contributed by atoms with Gasteiger partial charge in [-0.05, 0) is 30.3 Å². The average Bonchev–Trinajstić information content (AvgIpc) is 3.10. The molecule has 28 heavy (non-hydrogen) atoms. The molecule has 0 spiro atoms. The van der Waals surface area contributed by atoms with E-state index >= 15 is 0 Å². The molecule has 0 aliphatic carbocycles. The largest absolute Gasteiger partial charge is 0.386 e. The molecule has 1 amide bonds. The van der Waals surface area contributed by atoms with E-state index in [9.17, 15) is 22.7 Å². The number of aromatic nitrogens is 3. The number of primary sulfonamides is 1. The molecule has 3 rings (SSSR count). The smallest absolute Gasteiger partial charge is 0.277 e. The second-order valence-electron chi connectivity index (χ2n) is 5.89. The summed E-state index contributed by atoms with van der Waals surface area (Å²) in [7, 11) is -3.82. The van der Waals surface area contributed by atoms with Crippen LogP contribution in [0, 0.1) is 5.82 Å². The summed E-state index contributed by atoms with van der Waals surface area (Å²) in [6.07, 6.45) is 0.141. The number of aliphatic hydroxyl groups excluding tert-OH is 1. The van der Waals surface area contributed by atoms with Gasteiger partial charge >= 0.3 is 0 Å². The van der Waals surface area contributed by atoms with Crippen molar-refractivity contribution >= 4 is 21.6 Å². The first kappa shape index (κ1) is 19.6. The molecule has 0 radical (unpaired) electrons. The number of aliphatic hydroxyl groups is 1. The average molecular weight is 405 g/mol. The van der Waals surface area contributed by atoms with Crippen molar-refractivity contribution in [3.05, 3.63) is 71.8 Å². The maximum Gasteiger partial charge on any atom is 0.277 e. The number of benzene rings is 2. The quantitative estimate of drug-likeness (QED) is 0.560. The number of rotatable bonds is 6. The van der Waals surface area contributed by atoms with Gasteiger partial charge in [0.2, 0.25) is 10.0 Å². The molecule has 1 atom stereocenters. The van der Waals surface area contributed by atoms with E-state index in [0.29, 0.717) is 5.69 Å². The molecule has 0 bridgehead atoms. The molecule has 146 valence electrons. The standard InChI is InChI=1S/C17H16FN5O4S/c18-14-4-2-1-3-13(14)16(24)10-23-9-15(21-22-23)17(25)20-11-5-7-12(8-6-11)28(19,26)27/h1-9,16,24H,10H2,(H,20,25)(H2,19,26,27)/t16-/m0/s1. The van der Waals surface area contributed by atoms with Crippen molar-refractivity contribution in [1.29, 1.82) is 0 Å². The van der Waals surface area contributed by atoms with Crippen molar-refractivity contribution in [2.24, 2.45) is 5.14 Å². The molecule has 3 aromatic rings. The van der Waals surface area contributed by atoms with Crippen molar-refractivity contribution in [3.63, 3.8) is 0 Å². The highest BCUT2D eigenvalue weighted by atomic mass is 32.2. The zero-order chi connectivity index (χ0) is 20.3. The Morgan fingerprint density at radius 2 is 1.89 bits per heavy atom. The van der Waals surface area contributed by atoms with Crippen LogP contribution in [0.4, 0.5) is 10.1 Å². The molecule has 0 saturated carbocycles. The number of nitrogens with one attached hydrogen (secondary N) is 1. The number of hydrogen-bond acceptors (Lipinski definition) is 6. The third kappa shape index (κ3) is 4.57. The van der Waals surface area contributed by atoms with Gasteiger partial charge in [-0.2, -0.15) is 0 Å². The minimum atomic E-state index is -3.82. The van der Waals surface area contributed by atoms with Crippen LogP contribution in [0.5, 0.6) is 0 Å². The van der Waals surface area contributed by atoms with Crippen LogP contribution < -0.4 is 10.5 Å². The Morgan fingerprint density at radius 1 is 1.21 bits per heavy atom. The molecule has 0 saturated heterocycles. The Labute approximate surface area is 159 Å². The van der Waals surface area contributed by atoms with Crippen LogP contribution in [-0.2, 0) is 16.6 Å². The van der Waals surface area contributed by atoms with Gasteiger partial charge in [-0.3, -0.25) is 4.79 Å². The highest BCUT2D eigenvalue weighted by Crippen LogP contribution is 2.18. The summed E-state index contributed by atoms with van der Waals surface area (Å²) >= 11 is 0. The molecular weight excluding hydrogens is 389 g/mol. The molecule has 1 aromatic heterocycles. The predicted octanol–water partition coefficient (Wildman–Crippen LogP) is 1.05. The molecular formula is C17H16FN5O4S. The summed E-state index contributed by atoms with van der Waals surface area (Å²) in [5.74, 6) is -1.13. The fourth-order valence-electron chi connectivity index (χ4n) is 2.44. The first-order valence-corrected chi connectivity index (χ1v) is 9.55. The number of nitrogens with zero attached hydrogens (tertiary/aromatic N) is 3. The number of hydrogen-bond donors (Lipinski definition) is 3. The van der Waals surface area contributed by atoms with Crippen LogP contribution in [-0.4, -0.2) is 34.4 Å². The van der Waals surface area contributed by atoms with Crippen LogP contribution >= 0.6 is 0 Å². The van der Waals surface area contributed by atoms with Gasteiger partial charge < -0.3 is 10.4 Å². The van der Waals surface area contributed by atoms with Gasteiger partial charge in [0, 0.05) is 11.3 Å². The maximum atomic E-state index is 13.7. The Kier molecular flexibility index (Phi) is 5.49. The molecule has 1 heterocycles. The molecule has 0 aliphatic heterocycles. The van der Waals surface area contributed by atoms with Crippen molar-refractivity contribution in [1.82, 2.24) is 15.0 Å². The zero-order valence-electron chi connectivity index (χ0n) is 14.4. The van der Waals surface area contributed by atoms with Gasteiger partial charge in [-0.1, -0.05) is 23.4 Å². The van der Waals surface area contributed by atoms with Crippen LogP contribution in [0.2, 0.25) is 0 Å². The first-order chi connectivity index (χ1) is 13.2. The van der Waals surface area contributed by atoms with Crippen LogP contribution in [0.25, 0.3) is 0 Å². The highest BCUT2D eigenvalue weighted by molar-refractivity contribution is 7.89. The van der Waals surface area contributed by atoms with Gasteiger partial charge in [0.15, 0.2) is 5.69 Å². The Hall–Kier alpha value is -3.15. The molecule has 0 fully saturated rings. The number of amides is 1. The van der Waals surface area contributed by atoms with Gasteiger partial charge in [-0.15, -0.1) is 5.10 Å². The third-order valence-corrected chi connectivity index (χ3v) is 4.77. The lowest BCUT2D eigenvalue weighted by Crippen LogP contribution is -2.14. The predicted molar refractivity (Wildman–Crippen MR) is 97.2 cm³/mol. The first-order valence-electron chi connectivity index (χ1n) is 8.01. The summed E-state index contributed by atoms with van der Waals surface area (Å²) in [5.41, 5.74) is 0.411. The lowest BCUT2D eigenvalue weighted by molar-refractivity contribution is 0.102. The van der Waals surface area contributed by atoms with E-state index in [1.165, 1.54) is 53.3 Å². The minimum absolute atomic E-state index is 0.0312. The van der Waals surface area contributed by atoms with E-state index in [0.717, 1.165) is 0 Å². The van der Waals surface area contributed by atoms with Gasteiger partial charge in [0.25, 0.3) is 5.91 Å². The minimum Gasteiger partial charge on any atom is -0.386 e. The molecule has 0 unspecified atom stereocenters. The maximum absolute atomic E-state index is 13.7. The summed E-state index contributed by atoms with van der Waals surface area (Å²) in [5, 5.41) is 25.2. The third-order valence-electron chi connectivity index (χ3n) is 3.84. The van der Waals surface area contributed by atoms with Crippen LogP contribution in [0.3, 0.4) is 0 Å². The SMILES string of the molecule is NS(=O)(=O)c1ccc(NC(=O)c2cn(C[C@H](O)c3ccccc3F)nn2)cc1. The Bertz CT molecular complexity index is 1100.